The average Bonchev–Trinajstić information content (AvgIpc) is 3.34. The summed E-state index contributed by atoms with van der Waals surface area (Å²) in [5.41, 5.74) is 0.895. The third-order valence-electron chi connectivity index (χ3n) is 9.16. The molecule has 2 atom stereocenters. The molecule has 0 unspecified atom stereocenters. The Morgan fingerprint density at radius 1 is 1.00 bits per heavy atom. The summed E-state index contributed by atoms with van der Waals surface area (Å²) < 4.78 is 66.3. The maximum atomic E-state index is 14.2. The summed E-state index contributed by atoms with van der Waals surface area (Å²) in [6, 6.07) is 12.1. The number of rotatable bonds is 6. The normalized spacial score (nSPS) is 29.4. The van der Waals surface area contributed by atoms with Gasteiger partial charge in [0, 0.05) is 24.4 Å². The van der Waals surface area contributed by atoms with Gasteiger partial charge in [0.2, 0.25) is 12.7 Å². The molecule has 4 aliphatic rings. The SMILES string of the molecule is Cc1ccc(S(=O)(=O)[C@@H]2CCC[C@H]2C(=O)N(Cc2ccc3c(c2)OCO3)C2CCC3(CC2)CC3(F)F)cc1. The molecule has 6 rings (SSSR count). The van der Waals surface area contributed by atoms with E-state index in [4.69, 9.17) is 9.47 Å². The van der Waals surface area contributed by atoms with Crippen molar-refractivity contribution in [1.82, 2.24) is 4.90 Å². The summed E-state index contributed by atoms with van der Waals surface area (Å²) in [5, 5.41) is -0.792. The zero-order valence-electron chi connectivity index (χ0n) is 21.5. The molecule has 3 aliphatic carbocycles. The largest absolute Gasteiger partial charge is 0.454 e. The molecule has 0 aromatic heterocycles. The van der Waals surface area contributed by atoms with Crippen molar-refractivity contribution in [2.24, 2.45) is 11.3 Å². The second kappa shape index (κ2) is 9.21. The van der Waals surface area contributed by atoms with Gasteiger partial charge < -0.3 is 14.4 Å². The number of alkyl halides is 2. The number of carbonyl (C=O) groups excluding carboxylic acids is 1. The molecule has 0 N–H and O–H groups in total. The van der Waals surface area contributed by atoms with Crippen LogP contribution in [0.15, 0.2) is 47.4 Å². The Hall–Kier alpha value is -2.68. The standard InChI is InChI=1S/C29H33F2NO5S/c1-19-5-8-22(9-6-19)38(34,35)26-4-2-3-23(26)27(33)32(16-20-7-10-24-25(15-20)37-18-36-24)21-11-13-28(14-12-21)17-29(28,30)31/h5-10,15,21,23,26H,2-4,11-14,16-18H2,1H3/t21?,23-,26-,28?/m1/s1. The van der Waals surface area contributed by atoms with Crippen LogP contribution in [0.1, 0.15) is 62.5 Å². The van der Waals surface area contributed by atoms with Crippen molar-refractivity contribution in [3.05, 3.63) is 53.6 Å². The zero-order chi connectivity index (χ0) is 26.7. The minimum absolute atomic E-state index is 0.0671. The van der Waals surface area contributed by atoms with Crippen molar-refractivity contribution in [3.8, 4) is 11.5 Å². The molecule has 1 heterocycles. The Bertz CT molecular complexity index is 1340. The van der Waals surface area contributed by atoms with Crippen molar-refractivity contribution >= 4 is 15.7 Å². The lowest BCUT2D eigenvalue weighted by Crippen LogP contribution is -2.47. The van der Waals surface area contributed by atoms with E-state index >= 15 is 0 Å². The minimum Gasteiger partial charge on any atom is -0.454 e. The van der Waals surface area contributed by atoms with Crippen LogP contribution >= 0.6 is 0 Å². The number of carbonyl (C=O) groups is 1. The quantitative estimate of drug-likeness (QED) is 0.468. The van der Waals surface area contributed by atoms with Crippen molar-refractivity contribution in [1.29, 1.82) is 0 Å². The Labute approximate surface area is 222 Å². The number of sulfone groups is 1. The molecule has 1 aliphatic heterocycles. The highest BCUT2D eigenvalue weighted by molar-refractivity contribution is 7.92. The predicted molar refractivity (Wildman–Crippen MR) is 137 cm³/mol. The second-order valence-corrected chi connectivity index (χ2v) is 13.6. The van der Waals surface area contributed by atoms with Gasteiger partial charge in [-0.1, -0.05) is 30.2 Å². The number of aryl methyl sites for hydroxylation is 1. The molecule has 9 heteroatoms. The number of hydrogen-bond donors (Lipinski definition) is 0. The van der Waals surface area contributed by atoms with Crippen molar-refractivity contribution < 1.29 is 31.5 Å². The van der Waals surface area contributed by atoms with Gasteiger partial charge in [-0.25, -0.2) is 17.2 Å². The van der Waals surface area contributed by atoms with Gasteiger partial charge in [-0.05, 0) is 75.3 Å². The van der Waals surface area contributed by atoms with Gasteiger partial charge in [0.05, 0.1) is 16.1 Å². The number of hydrogen-bond acceptors (Lipinski definition) is 5. The molecule has 6 nitrogen and oxygen atoms in total. The van der Waals surface area contributed by atoms with E-state index in [0.717, 1.165) is 11.1 Å². The van der Waals surface area contributed by atoms with E-state index in [1.54, 1.807) is 35.2 Å². The monoisotopic (exact) mass is 545 g/mol. The number of ether oxygens (including phenoxy) is 2. The Morgan fingerprint density at radius 3 is 2.37 bits per heavy atom. The number of fused-ring (bicyclic) bond motifs is 1. The maximum Gasteiger partial charge on any atom is 0.254 e. The topological polar surface area (TPSA) is 72.9 Å². The first-order valence-corrected chi connectivity index (χ1v) is 15.0. The second-order valence-electron chi connectivity index (χ2n) is 11.5. The molecule has 3 saturated carbocycles. The van der Waals surface area contributed by atoms with Crippen molar-refractivity contribution in [3.63, 3.8) is 0 Å². The molecular weight excluding hydrogens is 512 g/mol. The first kappa shape index (κ1) is 25.6. The van der Waals surface area contributed by atoms with E-state index in [9.17, 15) is 22.0 Å². The lowest BCUT2D eigenvalue weighted by Gasteiger charge is -2.39. The highest BCUT2D eigenvalue weighted by atomic mass is 32.2. The molecule has 38 heavy (non-hydrogen) atoms. The smallest absolute Gasteiger partial charge is 0.254 e. The summed E-state index contributed by atoms with van der Waals surface area (Å²) in [4.78, 5) is 16.2. The van der Waals surface area contributed by atoms with E-state index in [2.05, 4.69) is 0 Å². The Kier molecular flexibility index (Phi) is 6.20. The molecule has 1 amide bonds. The Morgan fingerprint density at radius 2 is 1.68 bits per heavy atom. The minimum atomic E-state index is -3.70. The molecule has 204 valence electrons. The van der Waals surface area contributed by atoms with Crippen LogP contribution in [0.5, 0.6) is 11.5 Å². The third kappa shape index (κ3) is 4.36. The van der Waals surface area contributed by atoms with Gasteiger partial charge in [0.15, 0.2) is 21.3 Å². The van der Waals surface area contributed by atoms with Crippen LogP contribution in [0.25, 0.3) is 0 Å². The first-order valence-electron chi connectivity index (χ1n) is 13.5. The van der Waals surface area contributed by atoms with Crippen molar-refractivity contribution in [2.45, 2.75) is 86.9 Å². The fourth-order valence-electron chi connectivity index (χ4n) is 6.71. The van der Waals surface area contributed by atoms with Gasteiger partial charge in [-0.2, -0.15) is 0 Å². The van der Waals surface area contributed by atoms with Crippen LogP contribution in [0.3, 0.4) is 0 Å². The van der Waals surface area contributed by atoms with E-state index in [1.807, 2.05) is 19.1 Å². The average molecular weight is 546 g/mol. The van der Waals surface area contributed by atoms with Crippen molar-refractivity contribution in [2.75, 3.05) is 6.79 Å². The van der Waals surface area contributed by atoms with Crippen LogP contribution in [0, 0.1) is 18.3 Å². The summed E-state index contributed by atoms with van der Waals surface area (Å²) in [5.74, 6) is -2.21. The predicted octanol–water partition coefficient (Wildman–Crippen LogP) is 5.66. The van der Waals surface area contributed by atoms with Crippen LogP contribution in [0.2, 0.25) is 0 Å². The lowest BCUT2D eigenvalue weighted by molar-refractivity contribution is -0.139. The summed E-state index contributed by atoms with van der Waals surface area (Å²) in [6.07, 6.45) is 3.27. The fourth-order valence-corrected chi connectivity index (χ4v) is 8.74. The van der Waals surface area contributed by atoms with E-state index < -0.39 is 32.3 Å². The van der Waals surface area contributed by atoms with Gasteiger partial charge >= 0.3 is 0 Å². The lowest BCUT2D eigenvalue weighted by atomic mass is 9.81. The highest BCUT2D eigenvalue weighted by Gasteiger charge is 2.70. The van der Waals surface area contributed by atoms with Crippen LogP contribution in [-0.4, -0.2) is 43.2 Å². The number of nitrogens with zero attached hydrogens (tertiary/aromatic N) is 1. The molecular formula is C29H33F2NO5S. The van der Waals surface area contributed by atoms with Gasteiger partial charge in [-0.15, -0.1) is 0 Å². The van der Waals surface area contributed by atoms with Crippen LogP contribution < -0.4 is 9.47 Å². The van der Waals surface area contributed by atoms with Crippen LogP contribution in [-0.2, 0) is 21.2 Å². The summed E-state index contributed by atoms with van der Waals surface area (Å²) >= 11 is 0. The number of amides is 1. The molecule has 2 aromatic carbocycles. The molecule has 2 aromatic rings. The van der Waals surface area contributed by atoms with Crippen LogP contribution in [0.4, 0.5) is 8.78 Å². The molecule has 1 spiro atoms. The number of halogens is 2. The molecule has 3 fully saturated rings. The third-order valence-corrected chi connectivity index (χ3v) is 11.4. The first-order chi connectivity index (χ1) is 18.1. The fraction of sp³-hybridized carbons (Fsp3) is 0.552. The van der Waals surface area contributed by atoms with E-state index in [1.165, 1.54) is 0 Å². The Balaban J connectivity index is 1.27. The molecule has 0 bridgehead atoms. The highest BCUT2D eigenvalue weighted by Crippen LogP contribution is 2.67. The van der Waals surface area contributed by atoms with Gasteiger partial charge in [-0.3, -0.25) is 4.79 Å². The molecule has 0 radical (unpaired) electrons. The summed E-state index contributed by atoms with van der Waals surface area (Å²) in [6.45, 7) is 2.32. The van der Waals surface area contributed by atoms with Gasteiger partial charge in [0.25, 0.3) is 5.92 Å². The number of benzene rings is 2. The zero-order valence-corrected chi connectivity index (χ0v) is 22.3. The van der Waals surface area contributed by atoms with E-state index in [0.29, 0.717) is 56.4 Å². The van der Waals surface area contributed by atoms with Gasteiger partial charge in [0.1, 0.15) is 0 Å². The maximum absolute atomic E-state index is 14.2. The molecule has 0 saturated heterocycles. The summed E-state index contributed by atoms with van der Waals surface area (Å²) in [7, 11) is -3.70. The van der Waals surface area contributed by atoms with E-state index in [-0.39, 0.29) is 36.6 Å².